The number of hydrogen-bond acceptors (Lipinski definition) is 3. The van der Waals surface area contributed by atoms with E-state index < -0.39 is 4.92 Å². The molecule has 0 saturated heterocycles. The van der Waals surface area contributed by atoms with Gasteiger partial charge in [0.25, 0.3) is 5.69 Å². The molecule has 0 amide bonds. The van der Waals surface area contributed by atoms with E-state index in [0.717, 1.165) is 17.7 Å². The quantitative estimate of drug-likeness (QED) is 0.462. The second kappa shape index (κ2) is 5.60. The van der Waals surface area contributed by atoms with Crippen LogP contribution in [-0.4, -0.2) is 4.92 Å². The molecule has 122 valence electrons. The van der Waals surface area contributed by atoms with Gasteiger partial charge in [0.1, 0.15) is 5.82 Å². The lowest BCUT2D eigenvalue weighted by Crippen LogP contribution is -2.29. The van der Waals surface area contributed by atoms with Crippen molar-refractivity contribution in [3.05, 3.63) is 80.6 Å². The van der Waals surface area contributed by atoms with Gasteiger partial charge in [-0.3, -0.25) is 10.1 Å². The summed E-state index contributed by atoms with van der Waals surface area (Å²) in [4.78, 5) is 10.7. The average molecular weight is 345 g/mol. The highest BCUT2D eigenvalue weighted by atomic mass is 35.5. The normalized spacial score (nSPS) is 24.2. The molecule has 1 aliphatic carbocycles. The van der Waals surface area contributed by atoms with Crippen molar-refractivity contribution in [2.75, 3.05) is 5.32 Å². The summed E-state index contributed by atoms with van der Waals surface area (Å²) in [6.07, 6.45) is 4.98. The maximum Gasteiger partial charge on any atom is 0.269 e. The molecular weight excluding hydrogens is 331 g/mol. The SMILES string of the molecule is O=[N+]([O-])c1ccc(Cl)c([C@@H]2Nc3ccc(F)cc3[C@H]3C=CC[C@@H]32)c1. The van der Waals surface area contributed by atoms with Gasteiger partial charge in [0.15, 0.2) is 0 Å². The van der Waals surface area contributed by atoms with E-state index >= 15 is 0 Å². The summed E-state index contributed by atoms with van der Waals surface area (Å²) in [5, 5.41) is 15.0. The second-order valence-electron chi connectivity index (χ2n) is 6.17. The van der Waals surface area contributed by atoms with E-state index in [4.69, 9.17) is 11.6 Å². The van der Waals surface area contributed by atoms with Crippen molar-refractivity contribution in [1.82, 2.24) is 0 Å². The minimum atomic E-state index is -0.420. The lowest BCUT2D eigenvalue weighted by molar-refractivity contribution is -0.384. The number of non-ortho nitro benzene ring substituents is 1. The van der Waals surface area contributed by atoms with Crippen LogP contribution in [0.5, 0.6) is 0 Å². The monoisotopic (exact) mass is 344 g/mol. The van der Waals surface area contributed by atoms with E-state index in [2.05, 4.69) is 17.5 Å². The minimum absolute atomic E-state index is 0.0172. The Morgan fingerprint density at radius 1 is 1.21 bits per heavy atom. The zero-order valence-corrected chi connectivity index (χ0v) is 13.3. The molecule has 0 spiro atoms. The Labute approximate surface area is 143 Å². The number of nitro benzene ring substituents is 1. The van der Waals surface area contributed by atoms with E-state index in [1.54, 1.807) is 18.2 Å². The Bertz CT molecular complexity index is 868. The van der Waals surface area contributed by atoms with Gasteiger partial charge in [0.05, 0.1) is 11.0 Å². The summed E-state index contributed by atoms with van der Waals surface area (Å²) < 4.78 is 13.6. The van der Waals surface area contributed by atoms with Crippen LogP contribution in [0.25, 0.3) is 0 Å². The Hall–Kier alpha value is -2.40. The molecule has 2 aromatic rings. The lowest BCUT2D eigenvalue weighted by atomic mass is 9.77. The zero-order chi connectivity index (χ0) is 16.8. The number of rotatable bonds is 2. The first-order chi connectivity index (χ1) is 11.5. The fourth-order valence-electron chi connectivity index (χ4n) is 3.76. The molecule has 4 rings (SSSR count). The van der Waals surface area contributed by atoms with Crippen LogP contribution < -0.4 is 5.32 Å². The van der Waals surface area contributed by atoms with E-state index in [1.165, 1.54) is 18.2 Å². The van der Waals surface area contributed by atoms with Gasteiger partial charge in [-0.1, -0.05) is 23.8 Å². The number of halogens is 2. The first-order valence-electron chi connectivity index (χ1n) is 7.71. The van der Waals surface area contributed by atoms with E-state index in [1.807, 2.05) is 0 Å². The van der Waals surface area contributed by atoms with Crippen LogP contribution in [0.2, 0.25) is 5.02 Å². The van der Waals surface area contributed by atoms with Crippen molar-refractivity contribution in [3.63, 3.8) is 0 Å². The highest BCUT2D eigenvalue weighted by Crippen LogP contribution is 2.51. The summed E-state index contributed by atoms with van der Waals surface area (Å²) in [5.74, 6) is -0.0301. The molecule has 2 aliphatic rings. The van der Waals surface area contributed by atoms with Crippen molar-refractivity contribution >= 4 is 23.0 Å². The number of benzene rings is 2. The number of anilines is 1. The average Bonchev–Trinajstić information content (AvgIpc) is 3.04. The predicted molar refractivity (Wildman–Crippen MR) is 90.9 cm³/mol. The number of nitrogens with one attached hydrogen (secondary N) is 1. The van der Waals surface area contributed by atoms with Crippen LogP contribution in [0.15, 0.2) is 48.6 Å². The van der Waals surface area contributed by atoms with E-state index in [0.29, 0.717) is 10.6 Å². The first kappa shape index (κ1) is 15.1. The molecule has 2 aromatic carbocycles. The molecule has 1 N–H and O–H groups in total. The highest BCUT2D eigenvalue weighted by Gasteiger charge is 2.39. The first-order valence-corrected chi connectivity index (χ1v) is 8.09. The van der Waals surface area contributed by atoms with Crippen molar-refractivity contribution in [2.45, 2.75) is 18.4 Å². The van der Waals surface area contributed by atoms with Crippen LogP contribution in [0, 0.1) is 21.8 Å². The van der Waals surface area contributed by atoms with E-state index in [-0.39, 0.29) is 29.4 Å². The molecule has 0 unspecified atom stereocenters. The molecule has 0 aromatic heterocycles. The second-order valence-corrected chi connectivity index (χ2v) is 6.58. The molecule has 0 bridgehead atoms. The standard InChI is InChI=1S/C18H14ClFN2O2/c19-16-6-5-11(22(23)24)9-15(16)18-13-3-1-2-12(13)14-8-10(20)4-7-17(14)21-18/h1-2,4-9,12-13,18,21H,3H2/t12-,13-,18+/m0/s1. The van der Waals surface area contributed by atoms with Crippen molar-refractivity contribution in [3.8, 4) is 0 Å². The summed E-state index contributed by atoms with van der Waals surface area (Å²) >= 11 is 6.33. The van der Waals surface area contributed by atoms with Crippen molar-refractivity contribution in [1.29, 1.82) is 0 Å². The third-order valence-corrected chi connectivity index (χ3v) is 5.19. The Kier molecular flexibility index (Phi) is 3.53. The smallest absolute Gasteiger partial charge is 0.269 e. The topological polar surface area (TPSA) is 55.2 Å². The summed E-state index contributed by atoms with van der Waals surface area (Å²) in [5.41, 5.74) is 2.49. The maximum absolute atomic E-state index is 13.6. The summed E-state index contributed by atoms with van der Waals surface area (Å²) in [6.45, 7) is 0. The molecule has 1 heterocycles. The number of nitrogens with zero attached hydrogens (tertiary/aromatic N) is 1. The van der Waals surface area contributed by atoms with Gasteiger partial charge in [-0.05, 0) is 42.2 Å². The third kappa shape index (κ3) is 2.36. The molecule has 6 heteroatoms. The number of fused-ring (bicyclic) bond motifs is 3. The summed E-state index contributed by atoms with van der Waals surface area (Å²) in [6, 6.07) is 9.03. The van der Waals surface area contributed by atoms with Gasteiger partial charge < -0.3 is 5.32 Å². The lowest BCUT2D eigenvalue weighted by Gasteiger charge is -2.37. The zero-order valence-electron chi connectivity index (χ0n) is 12.6. The molecule has 3 atom stereocenters. The van der Waals surface area contributed by atoms with E-state index in [9.17, 15) is 14.5 Å². The third-order valence-electron chi connectivity index (χ3n) is 4.85. The van der Waals surface area contributed by atoms with Gasteiger partial charge in [0.2, 0.25) is 0 Å². The maximum atomic E-state index is 13.6. The molecule has 4 nitrogen and oxygen atoms in total. The number of hydrogen-bond donors (Lipinski definition) is 1. The Balaban J connectivity index is 1.81. The molecule has 0 fully saturated rings. The number of allylic oxidation sites excluding steroid dienone is 2. The van der Waals surface area contributed by atoms with Gasteiger partial charge in [-0.25, -0.2) is 4.39 Å². The van der Waals surface area contributed by atoms with Crippen molar-refractivity contribution in [2.24, 2.45) is 5.92 Å². The molecule has 24 heavy (non-hydrogen) atoms. The van der Waals surface area contributed by atoms with Gasteiger partial charge >= 0.3 is 0 Å². The van der Waals surface area contributed by atoms with Gasteiger partial charge in [0, 0.05) is 34.3 Å². The molecular formula is C18H14ClFN2O2. The molecule has 0 radical (unpaired) electrons. The highest BCUT2D eigenvalue weighted by molar-refractivity contribution is 6.31. The summed E-state index contributed by atoms with van der Waals surface area (Å²) in [7, 11) is 0. The Morgan fingerprint density at radius 2 is 2.04 bits per heavy atom. The minimum Gasteiger partial charge on any atom is -0.378 e. The largest absolute Gasteiger partial charge is 0.378 e. The number of nitro groups is 1. The van der Waals surface area contributed by atoms with Crippen LogP contribution in [0.3, 0.4) is 0 Å². The fraction of sp³-hybridized carbons (Fsp3) is 0.222. The Morgan fingerprint density at radius 3 is 2.83 bits per heavy atom. The fourth-order valence-corrected chi connectivity index (χ4v) is 3.99. The van der Waals surface area contributed by atoms with Gasteiger partial charge in [-0.2, -0.15) is 0 Å². The van der Waals surface area contributed by atoms with Crippen LogP contribution >= 0.6 is 11.6 Å². The van der Waals surface area contributed by atoms with Crippen molar-refractivity contribution < 1.29 is 9.31 Å². The molecule has 1 aliphatic heterocycles. The van der Waals surface area contributed by atoms with Gasteiger partial charge in [-0.15, -0.1) is 0 Å². The predicted octanol–water partition coefficient (Wildman–Crippen LogP) is 5.21. The van der Waals surface area contributed by atoms with Crippen LogP contribution in [0.4, 0.5) is 15.8 Å². The van der Waals surface area contributed by atoms with Crippen LogP contribution in [-0.2, 0) is 0 Å². The molecule has 0 saturated carbocycles. The van der Waals surface area contributed by atoms with Crippen LogP contribution in [0.1, 0.15) is 29.5 Å².